The molecule has 1 aliphatic heterocycles. The minimum atomic E-state index is 0.00827. The number of rotatable bonds is 6. The predicted molar refractivity (Wildman–Crippen MR) is 97.7 cm³/mol. The molecule has 2 aromatic rings. The maximum absolute atomic E-state index is 13.1. The van der Waals surface area contributed by atoms with Crippen molar-refractivity contribution < 1.29 is 9.53 Å². The number of hydrogen-bond acceptors (Lipinski definition) is 3. The van der Waals surface area contributed by atoms with Gasteiger partial charge in [0.05, 0.1) is 12.6 Å². The Labute approximate surface area is 149 Å². The number of carbonyl (C=O) groups is 1. The topological polar surface area (TPSA) is 47.4 Å². The van der Waals surface area contributed by atoms with Gasteiger partial charge in [0.1, 0.15) is 0 Å². The zero-order valence-corrected chi connectivity index (χ0v) is 15.3. The second-order valence-corrected chi connectivity index (χ2v) is 6.98. The maximum atomic E-state index is 13.1. The minimum absolute atomic E-state index is 0.00827. The van der Waals surface area contributed by atoms with Crippen LogP contribution in [0.2, 0.25) is 0 Å². The summed E-state index contributed by atoms with van der Waals surface area (Å²) < 4.78 is 7.34. The lowest BCUT2D eigenvalue weighted by molar-refractivity contribution is 0.0649. The van der Waals surface area contributed by atoms with E-state index in [4.69, 9.17) is 4.74 Å². The molecule has 1 saturated heterocycles. The van der Waals surface area contributed by atoms with Crippen molar-refractivity contribution in [3.8, 4) is 0 Å². The fourth-order valence-electron chi connectivity index (χ4n) is 3.39. The summed E-state index contributed by atoms with van der Waals surface area (Å²) in [7, 11) is 1.90. The largest absolute Gasteiger partial charge is 0.379 e. The van der Waals surface area contributed by atoms with Gasteiger partial charge in [-0.3, -0.25) is 9.48 Å². The Bertz CT molecular complexity index is 703. The number of aromatic nitrogens is 2. The zero-order chi connectivity index (χ0) is 17.8. The summed E-state index contributed by atoms with van der Waals surface area (Å²) in [4.78, 5) is 15.1. The molecule has 0 spiro atoms. The number of nitrogens with zero attached hydrogens (tertiary/aromatic N) is 3. The van der Waals surface area contributed by atoms with E-state index in [9.17, 15) is 4.79 Å². The number of benzene rings is 1. The molecule has 5 heteroatoms. The Hall–Kier alpha value is -2.14. The number of aryl methyl sites for hydroxylation is 1. The summed E-state index contributed by atoms with van der Waals surface area (Å²) in [5.74, 6) is 0.348. The normalized spacial score (nSPS) is 17.2. The number of amides is 1. The smallest absolute Gasteiger partial charge is 0.274 e. The van der Waals surface area contributed by atoms with Crippen LogP contribution in [0.25, 0.3) is 0 Å². The molecule has 3 rings (SSSR count). The van der Waals surface area contributed by atoms with E-state index in [1.165, 1.54) is 5.56 Å². The lowest BCUT2D eigenvalue weighted by Gasteiger charge is -2.27. The van der Waals surface area contributed by atoms with E-state index in [1.54, 1.807) is 0 Å². The van der Waals surface area contributed by atoms with E-state index in [-0.39, 0.29) is 11.9 Å². The minimum Gasteiger partial charge on any atom is -0.379 e. The third kappa shape index (κ3) is 4.10. The van der Waals surface area contributed by atoms with Crippen molar-refractivity contribution in [2.75, 3.05) is 19.8 Å². The molecule has 0 N–H and O–H groups in total. The quantitative estimate of drug-likeness (QED) is 0.811. The highest BCUT2D eigenvalue weighted by molar-refractivity contribution is 5.92. The molecule has 0 saturated carbocycles. The third-order valence-corrected chi connectivity index (χ3v) is 4.82. The van der Waals surface area contributed by atoms with Crippen LogP contribution in [0.4, 0.5) is 0 Å². The van der Waals surface area contributed by atoms with Gasteiger partial charge in [0.2, 0.25) is 0 Å². The van der Waals surface area contributed by atoms with E-state index >= 15 is 0 Å². The fourth-order valence-corrected chi connectivity index (χ4v) is 3.39. The average molecular weight is 341 g/mol. The first-order valence-electron chi connectivity index (χ1n) is 9.03. The van der Waals surface area contributed by atoms with Crippen LogP contribution >= 0.6 is 0 Å². The van der Waals surface area contributed by atoms with Crippen LogP contribution in [0, 0.1) is 0 Å². The standard InChI is InChI=1S/C20H27N3O2/c1-15(2)19-13-18(21-22(19)3)20(24)23(17-10-12-25-14-17)11-9-16-7-5-4-6-8-16/h4-8,13,15,17H,9-12,14H2,1-3H3/t17-/m1/s1. The van der Waals surface area contributed by atoms with Gasteiger partial charge in [-0.15, -0.1) is 0 Å². The summed E-state index contributed by atoms with van der Waals surface area (Å²) in [6.07, 6.45) is 1.73. The molecule has 1 aliphatic rings. The molecule has 0 aliphatic carbocycles. The van der Waals surface area contributed by atoms with E-state index in [0.717, 1.165) is 25.1 Å². The van der Waals surface area contributed by atoms with Gasteiger partial charge in [0, 0.05) is 25.9 Å². The molecule has 5 nitrogen and oxygen atoms in total. The molecule has 0 unspecified atom stereocenters. The maximum Gasteiger partial charge on any atom is 0.274 e. The van der Waals surface area contributed by atoms with E-state index in [1.807, 2.05) is 40.9 Å². The van der Waals surface area contributed by atoms with Crippen LogP contribution in [-0.4, -0.2) is 46.4 Å². The van der Waals surface area contributed by atoms with Crippen LogP contribution in [0.1, 0.15) is 47.9 Å². The van der Waals surface area contributed by atoms with Gasteiger partial charge >= 0.3 is 0 Å². The molecule has 0 bridgehead atoms. The van der Waals surface area contributed by atoms with Gasteiger partial charge in [-0.1, -0.05) is 44.2 Å². The number of ether oxygens (including phenoxy) is 1. The van der Waals surface area contributed by atoms with Crippen LogP contribution < -0.4 is 0 Å². The van der Waals surface area contributed by atoms with Crippen molar-refractivity contribution in [1.29, 1.82) is 0 Å². The van der Waals surface area contributed by atoms with Gasteiger partial charge < -0.3 is 9.64 Å². The average Bonchev–Trinajstić information content (AvgIpc) is 3.25. The fraction of sp³-hybridized carbons (Fsp3) is 0.500. The third-order valence-electron chi connectivity index (χ3n) is 4.82. The van der Waals surface area contributed by atoms with Crippen LogP contribution in [0.15, 0.2) is 36.4 Å². The number of hydrogen-bond donors (Lipinski definition) is 0. The van der Waals surface area contributed by atoms with E-state index in [2.05, 4.69) is 31.1 Å². The highest BCUT2D eigenvalue weighted by atomic mass is 16.5. The molecule has 1 fully saturated rings. The van der Waals surface area contributed by atoms with Crippen molar-refractivity contribution in [2.45, 2.75) is 38.6 Å². The van der Waals surface area contributed by atoms with Gasteiger partial charge in [-0.05, 0) is 30.4 Å². The molecule has 1 amide bonds. The van der Waals surface area contributed by atoms with Gasteiger partial charge in [0.25, 0.3) is 5.91 Å². The Morgan fingerprint density at radius 1 is 1.36 bits per heavy atom. The van der Waals surface area contributed by atoms with Crippen molar-refractivity contribution in [1.82, 2.24) is 14.7 Å². The first-order chi connectivity index (χ1) is 12.1. The Morgan fingerprint density at radius 2 is 2.12 bits per heavy atom. The summed E-state index contributed by atoms with van der Waals surface area (Å²) in [5.41, 5.74) is 2.85. The predicted octanol–water partition coefficient (Wildman–Crippen LogP) is 3.02. The summed E-state index contributed by atoms with van der Waals surface area (Å²) in [6.45, 7) is 6.25. The van der Waals surface area contributed by atoms with E-state index in [0.29, 0.717) is 24.8 Å². The second-order valence-electron chi connectivity index (χ2n) is 6.98. The molecule has 1 aromatic heterocycles. The Morgan fingerprint density at radius 3 is 2.72 bits per heavy atom. The highest BCUT2D eigenvalue weighted by Gasteiger charge is 2.29. The Balaban J connectivity index is 1.78. The molecule has 1 aromatic carbocycles. The van der Waals surface area contributed by atoms with Gasteiger partial charge in [-0.2, -0.15) is 5.10 Å². The summed E-state index contributed by atoms with van der Waals surface area (Å²) >= 11 is 0. The number of carbonyl (C=O) groups excluding carboxylic acids is 1. The summed E-state index contributed by atoms with van der Waals surface area (Å²) in [5, 5.41) is 4.46. The van der Waals surface area contributed by atoms with Crippen molar-refractivity contribution in [3.63, 3.8) is 0 Å². The molecule has 2 heterocycles. The first-order valence-corrected chi connectivity index (χ1v) is 9.03. The zero-order valence-electron chi connectivity index (χ0n) is 15.3. The Kier molecular flexibility index (Phi) is 5.53. The molecule has 1 atom stereocenters. The van der Waals surface area contributed by atoms with E-state index < -0.39 is 0 Å². The molecular weight excluding hydrogens is 314 g/mol. The lowest BCUT2D eigenvalue weighted by Crippen LogP contribution is -2.42. The molecule has 25 heavy (non-hydrogen) atoms. The first kappa shape index (κ1) is 17.7. The van der Waals surface area contributed by atoms with Crippen LogP contribution in [0.5, 0.6) is 0 Å². The lowest BCUT2D eigenvalue weighted by atomic mass is 10.1. The molecule has 0 radical (unpaired) electrons. The van der Waals surface area contributed by atoms with Gasteiger partial charge in [-0.25, -0.2) is 0 Å². The van der Waals surface area contributed by atoms with Crippen molar-refractivity contribution >= 4 is 5.91 Å². The molecule has 134 valence electrons. The van der Waals surface area contributed by atoms with Crippen molar-refractivity contribution in [3.05, 3.63) is 53.3 Å². The summed E-state index contributed by atoms with van der Waals surface area (Å²) in [6, 6.07) is 12.4. The van der Waals surface area contributed by atoms with Crippen LogP contribution in [-0.2, 0) is 18.2 Å². The van der Waals surface area contributed by atoms with Crippen molar-refractivity contribution in [2.24, 2.45) is 7.05 Å². The molecular formula is C20H27N3O2. The van der Waals surface area contributed by atoms with Crippen LogP contribution in [0.3, 0.4) is 0 Å². The van der Waals surface area contributed by atoms with Gasteiger partial charge in [0.15, 0.2) is 5.69 Å². The second kappa shape index (κ2) is 7.83. The monoisotopic (exact) mass is 341 g/mol. The highest BCUT2D eigenvalue weighted by Crippen LogP contribution is 2.20. The SMILES string of the molecule is CC(C)c1cc(C(=O)N(CCc2ccccc2)[C@@H]2CCOC2)nn1C.